The molecule has 0 unspecified atom stereocenters. The molecule has 0 fully saturated rings. The van der Waals surface area contributed by atoms with E-state index in [9.17, 15) is 9.18 Å². The Hall–Kier alpha value is -2.76. The molecule has 6 heteroatoms. The highest BCUT2D eigenvalue weighted by molar-refractivity contribution is 6.03. The van der Waals surface area contributed by atoms with Crippen LogP contribution in [0.5, 0.6) is 0 Å². The van der Waals surface area contributed by atoms with E-state index in [1.165, 1.54) is 18.3 Å². The Labute approximate surface area is 107 Å². The van der Waals surface area contributed by atoms with E-state index in [-0.39, 0.29) is 5.69 Å². The van der Waals surface area contributed by atoms with Crippen LogP contribution in [0.4, 0.5) is 10.1 Å². The molecule has 2 aromatic heterocycles. The van der Waals surface area contributed by atoms with Crippen LogP contribution in [0.25, 0.3) is 10.9 Å². The van der Waals surface area contributed by atoms with Gasteiger partial charge in [-0.15, -0.1) is 0 Å². The topological polar surface area (TPSA) is 70.7 Å². The minimum absolute atomic E-state index is 0.229. The number of hydrogen-bond donors (Lipinski definition) is 2. The predicted molar refractivity (Wildman–Crippen MR) is 68.2 cm³/mol. The number of aromatic amines is 1. The number of amides is 1. The van der Waals surface area contributed by atoms with Crippen LogP contribution in [0.3, 0.4) is 0 Å². The number of carbonyl (C=O) groups excluding carboxylic acids is 1. The summed E-state index contributed by atoms with van der Waals surface area (Å²) in [6, 6.07) is 7.88. The van der Waals surface area contributed by atoms with Crippen molar-refractivity contribution in [3.63, 3.8) is 0 Å². The van der Waals surface area contributed by atoms with E-state index in [1.54, 1.807) is 18.3 Å². The molecule has 0 atom stereocenters. The maximum Gasteiger partial charge on any atom is 0.277 e. The van der Waals surface area contributed by atoms with Gasteiger partial charge in [0.1, 0.15) is 0 Å². The second-order valence-electron chi connectivity index (χ2n) is 3.96. The van der Waals surface area contributed by atoms with Gasteiger partial charge in [-0.1, -0.05) is 0 Å². The number of halogens is 1. The van der Waals surface area contributed by atoms with Gasteiger partial charge in [0.15, 0.2) is 11.5 Å². The van der Waals surface area contributed by atoms with E-state index >= 15 is 0 Å². The Bertz CT molecular complexity index is 753. The second-order valence-corrected chi connectivity index (χ2v) is 3.96. The Morgan fingerprint density at radius 2 is 2.21 bits per heavy atom. The molecule has 0 saturated carbocycles. The third kappa shape index (κ3) is 2.15. The summed E-state index contributed by atoms with van der Waals surface area (Å²) < 4.78 is 13.4. The quantitative estimate of drug-likeness (QED) is 0.739. The van der Waals surface area contributed by atoms with Crippen molar-refractivity contribution in [2.75, 3.05) is 5.32 Å². The van der Waals surface area contributed by atoms with Gasteiger partial charge in [-0.25, -0.2) is 9.37 Å². The SMILES string of the molecule is O=C(Nc1ccc2cn[nH]c2c1)c1ncccc1F. The number of hydrogen-bond acceptors (Lipinski definition) is 3. The van der Waals surface area contributed by atoms with Gasteiger partial charge in [-0.3, -0.25) is 9.89 Å². The first-order valence-electron chi connectivity index (χ1n) is 5.59. The van der Waals surface area contributed by atoms with Gasteiger partial charge in [-0.05, 0) is 30.3 Å². The van der Waals surface area contributed by atoms with Crippen LogP contribution >= 0.6 is 0 Å². The van der Waals surface area contributed by atoms with Crippen molar-refractivity contribution < 1.29 is 9.18 Å². The van der Waals surface area contributed by atoms with Crippen LogP contribution in [-0.2, 0) is 0 Å². The Balaban J connectivity index is 1.88. The minimum atomic E-state index is -0.650. The summed E-state index contributed by atoms with van der Waals surface area (Å²) in [7, 11) is 0. The molecule has 3 rings (SSSR count). The summed E-state index contributed by atoms with van der Waals surface area (Å²) in [6.07, 6.45) is 3.05. The fraction of sp³-hybridized carbons (Fsp3) is 0. The average Bonchev–Trinajstić information content (AvgIpc) is 2.86. The largest absolute Gasteiger partial charge is 0.320 e. The van der Waals surface area contributed by atoms with Crippen LogP contribution in [0.2, 0.25) is 0 Å². The van der Waals surface area contributed by atoms with Gasteiger partial charge in [0.25, 0.3) is 5.91 Å². The number of anilines is 1. The number of rotatable bonds is 2. The number of H-pyrrole nitrogens is 1. The van der Waals surface area contributed by atoms with E-state index in [0.29, 0.717) is 5.69 Å². The van der Waals surface area contributed by atoms with Crippen molar-refractivity contribution in [1.29, 1.82) is 0 Å². The molecule has 0 aliphatic carbocycles. The van der Waals surface area contributed by atoms with E-state index in [1.807, 2.05) is 6.07 Å². The third-order valence-electron chi connectivity index (χ3n) is 2.67. The van der Waals surface area contributed by atoms with Gasteiger partial charge in [0, 0.05) is 17.3 Å². The average molecular weight is 256 g/mol. The van der Waals surface area contributed by atoms with Crippen molar-refractivity contribution in [3.05, 3.63) is 54.2 Å². The minimum Gasteiger partial charge on any atom is -0.320 e. The third-order valence-corrected chi connectivity index (χ3v) is 2.67. The van der Waals surface area contributed by atoms with E-state index in [4.69, 9.17) is 0 Å². The zero-order valence-electron chi connectivity index (χ0n) is 9.72. The number of fused-ring (bicyclic) bond motifs is 1. The van der Waals surface area contributed by atoms with Crippen LogP contribution in [0, 0.1) is 5.82 Å². The lowest BCUT2D eigenvalue weighted by Crippen LogP contribution is -2.15. The normalized spacial score (nSPS) is 10.6. The highest BCUT2D eigenvalue weighted by atomic mass is 19.1. The molecule has 5 nitrogen and oxygen atoms in total. The van der Waals surface area contributed by atoms with Crippen LogP contribution in [-0.4, -0.2) is 21.1 Å². The zero-order valence-corrected chi connectivity index (χ0v) is 9.72. The number of nitrogens with zero attached hydrogens (tertiary/aromatic N) is 2. The smallest absolute Gasteiger partial charge is 0.277 e. The Morgan fingerprint density at radius 3 is 3.05 bits per heavy atom. The van der Waals surface area contributed by atoms with Crippen LogP contribution in [0.1, 0.15) is 10.5 Å². The van der Waals surface area contributed by atoms with Gasteiger partial charge in [-0.2, -0.15) is 5.10 Å². The van der Waals surface area contributed by atoms with Crippen molar-refractivity contribution in [2.45, 2.75) is 0 Å². The molecule has 2 N–H and O–H groups in total. The molecular weight excluding hydrogens is 247 g/mol. The van der Waals surface area contributed by atoms with Gasteiger partial charge >= 0.3 is 0 Å². The Kier molecular flexibility index (Phi) is 2.68. The van der Waals surface area contributed by atoms with Crippen molar-refractivity contribution in [3.8, 4) is 0 Å². The molecule has 0 aliphatic heterocycles. The molecule has 0 spiro atoms. The molecule has 1 amide bonds. The summed E-state index contributed by atoms with van der Waals surface area (Å²) in [4.78, 5) is 15.6. The first-order valence-corrected chi connectivity index (χ1v) is 5.59. The fourth-order valence-electron chi connectivity index (χ4n) is 1.76. The van der Waals surface area contributed by atoms with Gasteiger partial charge in [0.2, 0.25) is 0 Å². The number of nitrogens with one attached hydrogen (secondary N) is 2. The lowest BCUT2D eigenvalue weighted by atomic mass is 10.2. The molecule has 3 aromatic rings. The lowest BCUT2D eigenvalue weighted by molar-refractivity contribution is 0.101. The summed E-state index contributed by atoms with van der Waals surface area (Å²) in [5, 5.41) is 10.2. The molecule has 0 bridgehead atoms. The molecule has 0 saturated heterocycles. The predicted octanol–water partition coefficient (Wildman–Crippen LogP) is 2.35. The zero-order chi connectivity index (χ0) is 13.2. The van der Waals surface area contributed by atoms with Crippen LogP contribution < -0.4 is 5.32 Å². The maximum absolute atomic E-state index is 13.4. The van der Waals surface area contributed by atoms with Crippen molar-refractivity contribution in [1.82, 2.24) is 15.2 Å². The lowest BCUT2D eigenvalue weighted by Gasteiger charge is -2.05. The summed E-state index contributed by atoms with van der Waals surface area (Å²) >= 11 is 0. The monoisotopic (exact) mass is 256 g/mol. The number of benzene rings is 1. The summed E-state index contributed by atoms with van der Waals surface area (Å²) in [5.41, 5.74) is 1.11. The van der Waals surface area contributed by atoms with E-state index in [2.05, 4.69) is 20.5 Å². The first kappa shape index (κ1) is 11.3. The highest BCUT2D eigenvalue weighted by Crippen LogP contribution is 2.17. The first-order chi connectivity index (χ1) is 9.24. The number of carbonyl (C=O) groups is 1. The van der Waals surface area contributed by atoms with E-state index in [0.717, 1.165) is 10.9 Å². The molecular formula is C13H9FN4O. The number of pyridine rings is 1. The summed E-state index contributed by atoms with van der Waals surface area (Å²) in [6.45, 7) is 0. The van der Waals surface area contributed by atoms with E-state index < -0.39 is 11.7 Å². The highest BCUT2D eigenvalue weighted by Gasteiger charge is 2.13. The Morgan fingerprint density at radius 1 is 1.32 bits per heavy atom. The van der Waals surface area contributed by atoms with Crippen molar-refractivity contribution in [2.24, 2.45) is 0 Å². The maximum atomic E-state index is 13.4. The molecule has 2 heterocycles. The molecule has 0 radical (unpaired) electrons. The molecule has 1 aromatic carbocycles. The van der Waals surface area contributed by atoms with Gasteiger partial charge in [0.05, 0.1) is 11.7 Å². The van der Waals surface area contributed by atoms with Crippen molar-refractivity contribution >= 4 is 22.5 Å². The molecule has 0 aliphatic rings. The van der Waals surface area contributed by atoms with Gasteiger partial charge < -0.3 is 5.32 Å². The molecule has 19 heavy (non-hydrogen) atoms. The standard InChI is InChI=1S/C13H9FN4O/c14-10-2-1-5-15-12(10)13(19)17-9-4-3-8-7-16-18-11(8)6-9/h1-7H,(H,16,18)(H,17,19). The molecule has 94 valence electrons. The van der Waals surface area contributed by atoms with Crippen LogP contribution in [0.15, 0.2) is 42.7 Å². The second kappa shape index (κ2) is 4.49. The number of aromatic nitrogens is 3. The summed E-state index contributed by atoms with van der Waals surface area (Å²) in [5.74, 6) is -1.24. The fourth-order valence-corrected chi connectivity index (χ4v) is 1.76.